The molecule has 1 N–H and O–H groups in total. The van der Waals surface area contributed by atoms with Gasteiger partial charge in [0.05, 0.1) is 6.04 Å². The summed E-state index contributed by atoms with van der Waals surface area (Å²) < 4.78 is 5.81. The molecule has 0 aliphatic carbocycles. The molecule has 1 aromatic carbocycles. The molecule has 0 saturated heterocycles. The van der Waals surface area contributed by atoms with E-state index in [1.165, 1.54) is 0 Å². The smallest absolute Gasteiger partial charge is 0.120 e. The van der Waals surface area contributed by atoms with Gasteiger partial charge < -0.3 is 10.1 Å². The molecule has 0 aliphatic rings. The van der Waals surface area contributed by atoms with E-state index < -0.39 is 0 Å². The highest BCUT2D eigenvalue weighted by atomic mass is 35.5. The first-order chi connectivity index (χ1) is 9.69. The quantitative estimate of drug-likeness (QED) is 0.879. The first-order valence-corrected chi connectivity index (χ1v) is 7.11. The number of ether oxygens (including phenoxy) is 1. The highest BCUT2D eigenvalue weighted by molar-refractivity contribution is 6.30. The molecule has 0 aliphatic heterocycles. The number of nitrogens with zero attached hydrogens (tertiary/aromatic N) is 1. The molecule has 106 valence electrons. The Kier molecular flexibility index (Phi) is 5.39. The van der Waals surface area contributed by atoms with Crippen LogP contribution in [0.15, 0.2) is 42.6 Å². The minimum atomic E-state index is 0.118. The summed E-state index contributed by atoms with van der Waals surface area (Å²) in [7, 11) is 0. The third-order valence-corrected chi connectivity index (χ3v) is 3.23. The summed E-state index contributed by atoms with van der Waals surface area (Å²) in [5, 5.41) is 4.09. The van der Waals surface area contributed by atoms with Gasteiger partial charge in [0.25, 0.3) is 0 Å². The Balaban J connectivity index is 2.04. The van der Waals surface area contributed by atoms with Crippen molar-refractivity contribution < 1.29 is 4.74 Å². The Morgan fingerprint density at radius 2 is 2.15 bits per heavy atom. The van der Waals surface area contributed by atoms with Crippen LogP contribution in [0.5, 0.6) is 5.75 Å². The first-order valence-electron chi connectivity index (χ1n) is 6.73. The fourth-order valence-electron chi connectivity index (χ4n) is 1.94. The summed E-state index contributed by atoms with van der Waals surface area (Å²) in [6.07, 6.45) is 1.89. The molecule has 4 heteroatoms. The average molecular weight is 291 g/mol. The number of benzene rings is 1. The second kappa shape index (κ2) is 7.27. The number of nitrogens with one attached hydrogen (secondary N) is 1. The van der Waals surface area contributed by atoms with Crippen molar-refractivity contribution in [2.24, 2.45) is 0 Å². The maximum Gasteiger partial charge on any atom is 0.120 e. The normalized spacial score (nSPS) is 12.2. The van der Waals surface area contributed by atoms with Crippen molar-refractivity contribution in [1.82, 2.24) is 10.3 Å². The van der Waals surface area contributed by atoms with Crippen LogP contribution in [0.3, 0.4) is 0 Å². The van der Waals surface area contributed by atoms with E-state index in [4.69, 9.17) is 16.3 Å². The summed E-state index contributed by atoms with van der Waals surface area (Å²) >= 11 is 5.95. The Hall–Kier alpha value is -1.58. The molecule has 1 unspecified atom stereocenters. The van der Waals surface area contributed by atoms with E-state index in [1.807, 2.05) is 43.5 Å². The second-order valence-corrected chi connectivity index (χ2v) is 5.05. The van der Waals surface area contributed by atoms with Crippen molar-refractivity contribution >= 4 is 11.6 Å². The van der Waals surface area contributed by atoms with E-state index in [0.29, 0.717) is 11.6 Å². The van der Waals surface area contributed by atoms with Gasteiger partial charge in [0, 0.05) is 16.9 Å². The molecule has 0 radical (unpaired) electrons. The topological polar surface area (TPSA) is 34.1 Å². The molecule has 0 fully saturated rings. The number of aromatic nitrogens is 1. The van der Waals surface area contributed by atoms with Gasteiger partial charge in [0.15, 0.2) is 0 Å². The fraction of sp³-hybridized carbons (Fsp3) is 0.312. The van der Waals surface area contributed by atoms with E-state index in [2.05, 4.69) is 23.3 Å². The zero-order valence-electron chi connectivity index (χ0n) is 11.8. The lowest BCUT2D eigenvalue weighted by molar-refractivity contribution is 0.268. The van der Waals surface area contributed by atoms with Crippen molar-refractivity contribution in [3.8, 4) is 5.75 Å². The van der Waals surface area contributed by atoms with Crippen molar-refractivity contribution in [2.45, 2.75) is 19.9 Å². The molecule has 3 nitrogen and oxygen atoms in total. The standard InChI is InChI=1S/C16H19ClN2O/c1-3-18-16(13-8-7-12(2)19-10-13)11-20-15-6-4-5-14(17)9-15/h4-10,16,18H,3,11H2,1-2H3. The van der Waals surface area contributed by atoms with E-state index in [-0.39, 0.29) is 6.04 Å². The number of aryl methyl sites for hydroxylation is 1. The van der Waals surface area contributed by atoms with Crippen LogP contribution in [-0.2, 0) is 0 Å². The molecule has 1 atom stereocenters. The van der Waals surface area contributed by atoms with Crippen molar-refractivity contribution in [3.63, 3.8) is 0 Å². The number of pyridine rings is 1. The third kappa shape index (κ3) is 4.22. The summed E-state index contributed by atoms with van der Waals surface area (Å²) in [5.41, 5.74) is 2.14. The number of hydrogen-bond donors (Lipinski definition) is 1. The Bertz CT molecular complexity index is 542. The molecule has 1 heterocycles. The molecule has 2 rings (SSSR count). The highest BCUT2D eigenvalue weighted by Crippen LogP contribution is 2.19. The molecule has 2 aromatic rings. The Morgan fingerprint density at radius 3 is 2.80 bits per heavy atom. The minimum absolute atomic E-state index is 0.118. The van der Waals surface area contributed by atoms with E-state index >= 15 is 0 Å². The van der Waals surface area contributed by atoms with Gasteiger partial charge >= 0.3 is 0 Å². The lowest BCUT2D eigenvalue weighted by Crippen LogP contribution is -2.26. The van der Waals surface area contributed by atoms with Crippen LogP contribution >= 0.6 is 11.6 Å². The monoisotopic (exact) mass is 290 g/mol. The van der Waals surface area contributed by atoms with Crippen LogP contribution in [0, 0.1) is 6.92 Å². The molecule has 1 aromatic heterocycles. The zero-order valence-corrected chi connectivity index (χ0v) is 12.5. The number of halogens is 1. The van der Waals surface area contributed by atoms with Crippen molar-refractivity contribution in [1.29, 1.82) is 0 Å². The van der Waals surface area contributed by atoms with Gasteiger partial charge in [-0.15, -0.1) is 0 Å². The predicted octanol–water partition coefficient (Wildman–Crippen LogP) is 3.77. The Morgan fingerprint density at radius 1 is 1.30 bits per heavy atom. The van der Waals surface area contributed by atoms with Gasteiger partial charge in [-0.05, 0) is 43.3 Å². The van der Waals surface area contributed by atoms with Crippen LogP contribution in [0.1, 0.15) is 24.2 Å². The molecule has 0 bridgehead atoms. The first kappa shape index (κ1) is 14.8. The highest BCUT2D eigenvalue weighted by Gasteiger charge is 2.11. The fourth-order valence-corrected chi connectivity index (χ4v) is 2.12. The van der Waals surface area contributed by atoms with Gasteiger partial charge in [0.2, 0.25) is 0 Å². The van der Waals surface area contributed by atoms with E-state index in [9.17, 15) is 0 Å². The van der Waals surface area contributed by atoms with Crippen LogP contribution in [0.4, 0.5) is 0 Å². The third-order valence-electron chi connectivity index (χ3n) is 3.00. The predicted molar refractivity (Wildman–Crippen MR) is 82.3 cm³/mol. The van der Waals surface area contributed by atoms with E-state index in [0.717, 1.165) is 23.6 Å². The van der Waals surface area contributed by atoms with Crippen LogP contribution < -0.4 is 10.1 Å². The van der Waals surface area contributed by atoms with Crippen LogP contribution in [-0.4, -0.2) is 18.1 Å². The largest absolute Gasteiger partial charge is 0.492 e. The van der Waals surface area contributed by atoms with Gasteiger partial charge in [-0.1, -0.05) is 30.7 Å². The second-order valence-electron chi connectivity index (χ2n) is 4.61. The van der Waals surface area contributed by atoms with Gasteiger partial charge in [-0.3, -0.25) is 4.98 Å². The summed E-state index contributed by atoms with van der Waals surface area (Å²) in [6.45, 7) is 5.47. The maximum atomic E-state index is 5.95. The average Bonchev–Trinajstić information content (AvgIpc) is 2.44. The van der Waals surface area contributed by atoms with Gasteiger partial charge in [0.1, 0.15) is 12.4 Å². The van der Waals surface area contributed by atoms with Crippen LogP contribution in [0.25, 0.3) is 0 Å². The molecule has 0 saturated carbocycles. The molecular formula is C16H19ClN2O. The molecule has 20 heavy (non-hydrogen) atoms. The lowest BCUT2D eigenvalue weighted by atomic mass is 10.1. The zero-order chi connectivity index (χ0) is 14.4. The molecule has 0 spiro atoms. The Labute approximate surface area is 124 Å². The minimum Gasteiger partial charge on any atom is -0.492 e. The maximum absolute atomic E-state index is 5.95. The lowest BCUT2D eigenvalue weighted by Gasteiger charge is -2.19. The van der Waals surface area contributed by atoms with Crippen molar-refractivity contribution in [2.75, 3.05) is 13.2 Å². The molecular weight excluding hydrogens is 272 g/mol. The van der Waals surface area contributed by atoms with Crippen molar-refractivity contribution in [3.05, 3.63) is 58.9 Å². The SMILES string of the molecule is CCNC(COc1cccc(Cl)c1)c1ccc(C)nc1. The van der Waals surface area contributed by atoms with Gasteiger partial charge in [-0.25, -0.2) is 0 Å². The van der Waals surface area contributed by atoms with Crippen LogP contribution in [0.2, 0.25) is 5.02 Å². The number of hydrogen-bond acceptors (Lipinski definition) is 3. The van der Waals surface area contributed by atoms with E-state index in [1.54, 1.807) is 0 Å². The summed E-state index contributed by atoms with van der Waals surface area (Å²) in [6, 6.07) is 11.6. The van der Waals surface area contributed by atoms with Gasteiger partial charge in [-0.2, -0.15) is 0 Å². The summed E-state index contributed by atoms with van der Waals surface area (Å²) in [4.78, 5) is 4.33. The number of likely N-dealkylation sites (N-methyl/N-ethyl adjacent to an activating group) is 1. The number of rotatable bonds is 6. The molecule has 0 amide bonds. The summed E-state index contributed by atoms with van der Waals surface area (Å²) in [5.74, 6) is 0.778.